The van der Waals surface area contributed by atoms with Gasteiger partial charge in [0.25, 0.3) is 0 Å². The van der Waals surface area contributed by atoms with Crippen molar-refractivity contribution in [3.05, 3.63) is 65.7 Å². The summed E-state index contributed by atoms with van der Waals surface area (Å²) in [7, 11) is 0. The maximum absolute atomic E-state index is 13.1. The molecule has 0 atom stereocenters. The van der Waals surface area contributed by atoms with Crippen LogP contribution in [-0.4, -0.2) is 6.41 Å². The Bertz CT molecular complexity index is 522. The van der Waals surface area contributed by atoms with E-state index in [0.717, 1.165) is 23.8 Å². The summed E-state index contributed by atoms with van der Waals surface area (Å²) in [4.78, 5) is 12.3. The van der Waals surface area contributed by atoms with Crippen LogP contribution in [0.1, 0.15) is 5.56 Å². The molecule has 0 unspecified atom stereocenters. The molecule has 2 aromatic rings. The summed E-state index contributed by atoms with van der Waals surface area (Å²) in [6.45, 7) is 0.271. The highest BCUT2D eigenvalue weighted by atomic mass is 19.1. The monoisotopic (exact) mass is 247 g/mol. The van der Waals surface area contributed by atoms with Crippen LogP contribution in [0.4, 0.5) is 14.5 Å². The fraction of sp³-hybridized carbons (Fsp3) is 0.0714. The van der Waals surface area contributed by atoms with Gasteiger partial charge in [0.05, 0.1) is 6.54 Å². The van der Waals surface area contributed by atoms with Gasteiger partial charge in [-0.05, 0) is 17.7 Å². The predicted molar refractivity (Wildman–Crippen MR) is 65.0 cm³/mol. The number of carbonyl (C=O) groups is 1. The zero-order valence-corrected chi connectivity index (χ0v) is 9.51. The Morgan fingerprint density at radius 3 is 2.17 bits per heavy atom. The molecule has 0 saturated heterocycles. The number of anilines is 1. The topological polar surface area (TPSA) is 20.3 Å². The van der Waals surface area contributed by atoms with Crippen molar-refractivity contribution < 1.29 is 13.6 Å². The predicted octanol–water partition coefficient (Wildman–Crippen LogP) is 3.13. The summed E-state index contributed by atoms with van der Waals surface area (Å²) in [5.41, 5.74) is 1.08. The summed E-state index contributed by atoms with van der Waals surface area (Å²) in [6, 6.07) is 12.2. The fourth-order valence-corrected chi connectivity index (χ4v) is 1.67. The minimum atomic E-state index is -0.704. The molecule has 0 aromatic heterocycles. The van der Waals surface area contributed by atoms with Gasteiger partial charge in [0.2, 0.25) is 6.41 Å². The molecule has 4 heteroatoms. The number of benzene rings is 2. The number of carbonyl (C=O) groups excluding carboxylic acids is 1. The third-order valence-electron chi connectivity index (χ3n) is 2.50. The number of rotatable bonds is 4. The zero-order valence-electron chi connectivity index (χ0n) is 9.51. The maximum Gasteiger partial charge on any atom is 0.214 e. The average Bonchev–Trinajstić information content (AvgIpc) is 2.36. The number of halogens is 2. The Labute approximate surface area is 103 Å². The molecular formula is C14H11F2NO. The molecule has 0 radical (unpaired) electrons. The molecular weight excluding hydrogens is 236 g/mol. The molecule has 0 aliphatic heterocycles. The van der Waals surface area contributed by atoms with E-state index in [0.29, 0.717) is 6.41 Å². The standard InChI is InChI=1S/C14H11F2NO/c15-12-6-13(16)8-14(7-12)17(10-18)9-11-4-2-1-3-5-11/h1-8,10H,9H2. The Morgan fingerprint density at radius 1 is 1.00 bits per heavy atom. The zero-order chi connectivity index (χ0) is 13.0. The van der Waals surface area contributed by atoms with E-state index in [1.807, 2.05) is 30.3 Å². The molecule has 0 bridgehead atoms. The molecule has 2 aromatic carbocycles. The van der Waals surface area contributed by atoms with Gasteiger partial charge < -0.3 is 4.90 Å². The Kier molecular flexibility index (Phi) is 3.67. The molecule has 0 N–H and O–H groups in total. The van der Waals surface area contributed by atoms with Crippen molar-refractivity contribution in [2.45, 2.75) is 6.54 Å². The first-order valence-electron chi connectivity index (χ1n) is 5.41. The van der Waals surface area contributed by atoms with Crippen molar-refractivity contribution in [2.24, 2.45) is 0 Å². The summed E-state index contributed by atoms with van der Waals surface area (Å²) >= 11 is 0. The molecule has 2 nitrogen and oxygen atoms in total. The lowest BCUT2D eigenvalue weighted by Gasteiger charge is -2.17. The average molecular weight is 247 g/mol. The molecule has 92 valence electrons. The van der Waals surface area contributed by atoms with Crippen LogP contribution in [0.15, 0.2) is 48.5 Å². The van der Waals surface area contributed by atoms with Gasteiger partial charge in [0.1, 0.15) is 11.6 Å². The summed E-state index contributed by atoms with van der Waals surface area (Å²) in [5.74, 6) is -1.41. The molecule has 0 spiro atoms. The van der Waals surface area contributed by atoms with Crippen LogP contribution in [0.2, 0.25) is 0 Å². The third-order valence-corrected chi connectivity index (χ3v) is 2.50. The van der Waals surface area contributed by atoms with Gasteiger partial charge in [-0.3, -0.25) is 4.79 Å². The molecule has 0 aliphatic carbocycles. The van der Waals surface area contributed by atoms with E-state index in [4.69, 9.17) is 0 Å². The van der Waals surface area contributed by atoms with Crippen molar-refractivity contribution in [2.75, 3.05) is 4.90 Å². The molecule has 0 fully saturated rings. The van der Waals surface area contributed by atoms with Crippen LogP contribution in [0.5, 0.6) is 0 Å². The molecule has 2 rings (SSSR count). The van der Waals surface area contributed by atoms with Gasteiger partial charge >= 0.3 is 0 Å². The lowest BCUT2D eigenvalue weighted by atomic mass is 10.2. The van der Waals surface area contributed by atoms with E-state index >= 15 is 0 Å². The molecule has 18 heavy (non-hydrogen) atoms. The van der Waals surface area contributed by atoms with Crippen molar-refractivity contribution in [3.63, 3.8) is 0 Å². The third kappa shape index (κ3) is 2.91. The summed E-state index contributed by atoms with van der Waals surface area (Å²) in [5, 5.41) is 0. The SMILES string of the molecule is O=CN(Cc1ccccc1)c1cc(F)cc(F)c1. The lowest BCUT2D eigenvalue weighted by molar-refractivity contribution is -0.107. The number of hydrogen-bond donors (Lipinski definition) is 0. The minimum absolute atomic E-state index is 0.200. The quantitative estimate of drug-likeness (QED) is 0.760. The van der Waals surface area contributed by atoms with Crippen molar-refractivity contribution in [3.8, 4) is 0 Å². The second kappa shape index (κ2) is 5.40. The van der Waals surface area contributed by atoms with Crippen LogP contribution >= 0.6 is 0 Å². The van der Waals surface area contributed by atoms with Gasteiger partial charge in [0.15, 0.2) is 0 Å². The van der Waals surface area contributed by atoms with Gasteiger partial charge in [-0.1, -0.05) is 30.3 Å². The highest BCUT2D eigenvalue weighted by Gasteiger charge is 2.09. The number of amides is 1. The normalized spacial score (nSPS) is 10.1. The summed E-state index contributed by atoms with van der Waals surface area (Å²) in [6.07, 6.45) is 0.557. The van der Waals surface area contributed by atoms with Crippen molar-refractivity contribution in [1.82, 2.24) is 0 Å². The first-order chi connectivity index (χ1) is 8.69. The van der Waals surface area contributed by atoms with Crippen molar-refractivity contribution in [1.29, 1.82) is 0 Å². The highest BCUT2D eigenvalue weighted by molar-refractivity contribution is 5.75. The second-order valence-electron chi connectivity index (χ2n) is 3.85. The maximum atomic E-state index is 13.1. The van der Waals surface area contributed by atoms with E-state index in [9.17, 15) is 13.6 Å². The minimum Gasteiger partial charge on any atom is -0.310 e. The van der Waals surface area contributed by atoms with Gasteiger partial charge in [-0.15, -0.1) is 0 Å². The van der Waals surface area contributed by atoms with Crippen LogP contribution in [-0.2, 0) is 11.3 Å². The number of nitrogens with zero attached hydrogens (tertiary/aromatic N) is 1. The molecule has 1 amide bonds. The van der Waals surface area contributed by atoms with Crippen LogP contribution in [0.25, 0.3) is 0 Å². The fourth-order valence-electron chi connectivity index (χ4n) is 1.67. The van der Waals surface area contributed by atoms with E-state index in [1.165, 1.54) is 4.90 Å². The summed E-state index contributed by atoms with van der Waals surface area (Å²) < 4.78 is 26.2. The van der Waals surface area contributed by atoms with E-state index in [2.05, 4.69) is 0 Å². The first kappa shape index (κ1) is 12.2. The van der Waals surface area contributed by atoms with Crippen LogP contribution in [0, 0.1) is 11.6 Å². The molecule has 0 aliphatic rings. The Morgan fingerprint density at radius 2 is 1.61 bits per heavy atom. The van der Waals surface area contributed by atoms with E-state index in [1.54, 1.807) is 0 Å². The largest absolute Gasteiger partial charge is 0.310 e. The van der Waals surface area contributed by atoms with Crippen LogP contribution < -0.4 is 4.90 Å². The van der Waals surface area contributed by atoms with Gasteiger partial charge in [-0.2, -0.15) is 0 Å². The van der Waals surface area contributed by atoms with Gasteiger partial charge in [-0.25, -0.2) is 8.78 Å². The Hall–Kier alpha value is -2.23. The highest BCUT2D eigenvalue weighted by Crippen LogP contribution is 2.18. The number of hydrogen-bond acceptors (Lipinski definition) is 1. The second-order valence-corrected chi connectivity index (χ2v) is 3.85. The Balaban J connectivity index is 2.25. The van der Waals surface area contributed by atoms with Gasteiger partial charge in [0, 0.05) is 11.8 Å². The van der Waals surface area contributed by atoms with E-state index < -0.39 is 11.6 Å². The van der Waals surface area contributed by atoms with Crippen molar-refractivity contribution >= 4 is 12.1 Å². The molecule has 0 heterocycles. The van der Waals surface area contributed by atoms with E-state index in [-0.39, 0.29) is 12.2 Å². The molecule has 0 saturated carbocycles. The smallest absolute Gasteiger partial charge is 0.214 e. The first-order valence-corrected chi connectivity index (χ1v) is 5.41. The lowest BCUT2D eigenvalue weighted by Crippen LogP contribution is -2.20. The van der Waals surface area contributed by atoms with Crippen LogP contribution in [0.3, 0.4) is 0 Å².